The van der Waals surface area contributed by atoms with Crippen LogP contribution in [0.3, 0.4) is 0 Å². The summed E-state index contributed by atoms with van der Waals surface area (Å²) in [5.74, 6) is 0.365. The van der Waals surface area contributed by atoms with Crippen LogP contribution in [0.15, 0.2) is 41.9 Å². The molecule has 0 bridgehead atoms. The second-order valence-corrected chi connectivity index (χ2v) is 4.82. The molecule has 0 saturated heterocycles. The quantitative estimate of drug-likeness (QED) is 0.744. The minimum Gasteiger partial charge on any atom is -0.392 e. The number of hydrogen-bond donors (Lipinski definition) is 3. The fraction of sp³-hybridized carbons (Fsp3) is 0.143. The van der Waals surface area contributed by atoms with Crippen LogP contribution in [-0.2, 0) is 0 Å². The van der Waals surface area contributed by atoms with Crippen molar-refractivity contribution in [2.45, 2.75) is 5.92 Å². The molecule has 1 aliphatic heterocycles. The molecule has 6 heteroatoms. The number of halogens is 1. The van der Waals surface area contributed by atoms with E-state index in [9.17, 15) is 5.11 Å². The van der Waals surface area contributed by atoms with Crippen LogP contribution in [-0.4, -0.2) is 21.9 Å². The van der Waals surface area contributed by atoms with Gasteiger partial charge in [-0.3, -0.25) is 5.10 Å². The minimum absolute atomic E-state index is 0.239. The molecule has 0 radical (unpaired) electrons. The molecule has 3 rings (SSSR count). The Bertz CT molecular complexity index is 729. The van der Waals surface area contributed by atoms with E-state index in [1.54, 1.807) is 12.3 Å². The smallest absolute Gasteiger partial charge is 0.198 e. The first-order chi connectivity index (χ1) is 9.76. The topological polar surface area (TPSA) is 65.3 Å². The zero-order valence-corrected chi connectivity index (χ0v) is 11.1. The molecule has 1 aliphatic rings. The van der Waals surface area contributed by atoms with E-state index in [1.165, 1.54) is 0 Å². The molecule has 0 saturated carbocycles. The van der Waals surface area contributed by atoms with Crippen LogP contribution in [0, 0.1) is 6.57 Å². The summed E-state index contributed by atoms with van der Waals surface area (Å²) in [6.07, 6.45) is 1.68. The third kappa shape index (κ3) is 1.86. The number of nitrogens with zero attached hydrogens (tertiary/aromatic N) is 2. The van der Waals surface area contributed by atoms with Crippen LogP contribution in [0.4, 0.5) is 5.82 Å². The van der Waals surface area contributed by atoms with E-state index >= 15 is 0 Å². The molecule has 2 heterocycles. The van der Waals surface area contributed by atoms with E-state index in [2.05, 4.69) is 20.4 Å². The summed E-state index contributed by atoms with van der Waals surface area (Å²) in [4.78, 5) is 3.58. The van der Waals surface area contributed by atoms with Crippen molar-refractivity contribution in [2.24, 2.45) is 0 Å². The number of aromatic amines is 1. The maximum Gasteiger partial charge on any atom is 0.198 e. The van der Waals surface area contributed by atoms with Crippen LogP contribution >= 0.6 is 11.6 Å². The number of fused-ring (bicyclic) bond motifs is 1. The first kappa shape index (κ1) is 12.7. The number of rotatable bonds is 2. The number of aliphatic hydroxyl groups is 1. The van der Waals surface area contributed by atoms with Gasteiger partial charge < -0.3 is 10.4 Å². The van der Waals surface area contributed by atoms with Gasteiger partial charge in [0.1, 0.15) is 5.82 Å². The lowest BCUT2D eigenvalue weighted by molar-refractivity contribution is 0.330. The highest BCUT2D eigenvalue weighted by Crippen LogP contribution is 2.43. The molecule has 0 amide bonds. The molecule has 1 aromatic heterocycles. The number of allylic oxidation sites excluding steroid dienone is 1. The molecule has 0 aliphatic carbocycles. The largest absolute Gasteiger partial charge is 0.392 e. The van der Waals surface area contributed by atoms with Gasteiger partial charge in [-0.05, 0) is 11.6 Å². The van der Waals surface area contributed by atoms with E-state index in [-0.39, 0.29) is 12.5 Å². The summed E-state index contributed by atoms with van der Waals surface area (Å²) in [5, 5.41) is 19.9. The fourth-order valence-corrected chi connectivity index (χ4v) is 2.67. The summed E-state index contributed by atoms with van der Waals surface area (Å²) >= 11 is 6.27. The Kier molecular flexibility index (Phi) is 3.18. The molecule has 20 heavy (non-hydrogen) atoms. The molecule has 1 atom stereocenters. The van der Waals surface area contributed by atoms with Crippen molar-refractivity contribution < 1.29 is 5.11 Å². The maximum absolute atomic E-state index is 9.46. The Balaban J connectivity index is 2.24. The number of benzene rings is 1. The molecule has 5 nitrogen and oxygen atoms in total. The summed E-state index contributed by atoms with van der Waals surface area (Å²) < 4.78 is 0. The lowest BCUT2D eigenvalue weighted by Crippen LogP contribution is -2.19. The number of aliphatic hydroxyl groups excluding tert-OH is 1. The van der Waals surface area contributed by atoms with Gasteiger partial charge in [0.15, 0.2) is 5.70 Å². The third-order valence-corrected chi connectivity index (χ3v) is 3.68. The first-order valence-electron chi connectivity index (χ1n) is 6.02. The molecule has 1 unspecified atom stereocenters. The van der Waals surface area contributed by atoms with E-state index in [4.69, 9.17) is 18.2 Å². The van der Waals surface area contributed by atoms with Crippen LogP contribution in [0.2, 0.25) is 5.02 Å². The van der Waals surface area contributed by atoms with Crippen molar-refractivity contribution in [1.82, 2.24) is 10.2 Å². The summed E-state index contributed by atoms with van der Waals surface area (Å²) in [7, 11) is 0. The van der Waals surface area contributed by atoms with Crippen LogP contribution in [0.5, 0.6) is 0 Å². The van der Waals surface area contributed by atoms with Gasteiger partial charge in [-0.1, -0.05) is 29.8 Å². The highest BCUT2D eigenvalue weighted by molar-refractivity contribution is 6.31. The molecule has 3 N–H and O–H groups in total. The molecule has 0 fully saturated rings. The van der Waals surface area contributed by atoms with Crippen molar-refractivity contribution in [3.63, 3.8) is 0 Å². The normalized spacial score (nSPS) is 17.4. The van der Waals surface area contributed by atoms with Crippen LogP contribution in [0.25, 0.3) is 4.85 Å². The number of nitrogens with one attached hydrogen (secondary N) is 2. The second kappa shape index (κ2) is 5.00. The van der Waals surface area contributed by atoms with Crippen molar-refractivity contribution in [3.05, 3.63) is 69.4 Å². The molecule has 100 valence electrons. The fourth-order valence-electron chi connectivity index (χ4n) is 2.43. The number of anilines is 1. The molecule has 1 aromatic carbocycles. The van der Waals surface area contributed by atoms with Crippen molar-refractivity contribution in [2.75, 3.05) is 11.9 Å². The standard InChI is InChI=1S/C14H11ClN4O/c1-16-13-11(7-20)18-14-9(6-17-19-14)12(13)8-4-2-3-5-10(8)15/h2-6,12,20H,7H2,(H2,17,18,19). The Hall–Kier alpha value is -2.29. The van der Waals surface area contributed by atoms with E-state index in [0.29, 0.717) is 22.2 Å². The van der Waals surface area contributed by atoms with Crippen molar-refractivity contribution in [1.29, 1.82) is 0 Å². The maximum atomic E-state index is 9.46. The van der Waals surface area contributed by atoms with Crippen LogP contribution < -0.4 is 5.32 Å². The van der Waals surface area contributed by atoms with Gasteiger partial charge >= 0.3 is 0 Å². The van der Waals surface area contributed by atoms with Gasteiger partial charge in [0.25, 0.3) is 0 Å². The van der Waals surface area contributed by atoms with E-state index < -0.39 is 0 Å². The van der Waals surface area contributed by atoms with Gasteiger partial charge in [0.2, 0.25) is 0 Å². The monoisotopic (exact) mass is 286 g/mol. The van der Waals surface area contributed by atoms with E-state index in [0.717, 1.165) is 11.1 Å². The van der Waals surface area contributed by atoms with Gasteiger partial charge in [-0.2, -0.15) is 5.10 Å². The molecular formula is C14H11ClN4O. The molecular weight excluding hydrogens is 276 g/mol. The number of H-pyrrole nitrogens is 1. The number of aromatic nitrogens is 2. The zero-order valence-electron chi connectivity index (χ0n) is 10.4. The summed E-state index contributed by atoms with van der Waals surface area (Å²) in [5.41, 5.74) is 2.59. The average molecular weight is 287 g/mol. The van der Waals surface area contributed by atoms with Crippen molar-refractivity contribution in [3.8, 4) is 0 Å². The third-order valence-electron chi connectivity index (χ3n) is 3.33. The average Bonchev–Trinajstić information content (AvgIpc) is 2.94. The van der Waals surface area contributed by atoms with Gasteiger partial charge in [-0.15, -0.1) is 0 Å². The van der Waals surface area contributed by atoms with Crippen LogP contribution in [0.1, 0.15) is 17.0 Å². The number of hydrogen-bond acceptors (Lipinski definition) is 3. The Morgan fingerprint density at radius 1 is 1.35 bits per heavy atom. The predicted octanol–water partition coefficient (Wildman–Crippen LogP) is 2.74. The van der Waals surface area contributed by atoms with Gasteiger partial charge in [-0.25, -0.2) is 4.85 Å². The second-order valence-electron chi connectivity index (χ2n) is 4.41. The van der Waals surface area contributed by atoms with Gasteiger partial charge in [0, 0.05) is 16.3 Å². The SMILES string of the molecule is [C-]#[N+]C1=C(CO)Nc2[nH]ncc2C1c1ccccc1Cl. The minimum atomic E-state index is -0.321. The lowest BCUT2D eigenvalue weighted by Gasteiger charge is -2.25. The lowest BCUT2D eigenvalue weighted by atomic mass is 9.87. The molecule has 2 aromatic rings. The summed E-state index contributed by atoms with van der Waals surface area (Å²) in [6, 6.07) is 7.40. The Labute approximate surface area is 120 Å². The Morgan fingerprint density at radius 3 is 2.85 bits per heavy atom. The highest BCUT2D eigenvalue weighted by Gasteiger charge is 2.32. The highest BCUT2D eigenvalue weighted by atomic mass is 35.5. The first-order valence-corrected chi connectivity index (χ1v) is 6.40. The predicted molar refractivity (Wildman–Crippen MR) is 76.2 cm³/mol. The van der Waals surface area contributed by atoms with Gasteiger partial charge in [0.05, 0.1) is 25.3 Å². The summed E-state index contributed by atoms with van der Waals surface area (Å²) in [6.45, 7) is 7.18. The molecule has 0 spiro atoms. The van der Waals surface area contributed by atoms with E-state index in [1.807, 2.05) is 18.2 Å². The Morgan fingerprint density at radius 2 is 2.15 bits per heavy atom. The zero-order chi connectivity index (χ0) is 14.1. The van der Waals surface area contributed by atoms with Crippen molar-refractivity contribution >= 4 is 17.4 Å².